The summed E-state index contributed by atoms with van der Waals surface area (Å²) in [6.45, 7) is 1.73. The van der Waals surface area contributed by atoms with Gasteiger partial charge in [0.15, 0.2) is 0 Å². The van der Waals surface area contributed by atoms with Gasteiger partial charge in [-0.25, -0.2) is 9.66 Å². The van der Waals surface area contributed by atoms with Gasteiger partial charge in [-0.05, 0) is 24.6 Å². The van der Waals surface area contributed by atoms with Crippen molar-refractivity contribution in [3.05, 3.63) is 41.7 Å². The maximum Gasteiger partial charge on any atom is 0.461 e. The molecule has 9 heteroatoms. The SMILES string of the molecule is Cc1cn(N=Cc2cccc(OC(F)(F)C(F)F)c2)c(N)n1. The van der Waals surface area contributed by atoms with Crippen LogP contribution in [0.3, 0.4) is 0 Å². The summed E-state index contributed by atoms with van der Waals surface area (Å²) in [5.74, 6) is -0.241. The van der Waals surface area contributed by atoms with Gasteiger partial charge < -0.3 is 10.5 Å². The fourth-order valence-corrected chi connectivity index (χ4v) is 1.59. The van der Waals surface area contributed by atoms with E-state index in [4.69, 9.17) is 5.73 Å². The number of hydrogen-bond donors (Lipinski definition) is 1. The largest absolute Gasteiger partial charge is 0.461 e. The number of aromatic nitrogens is 2. The van der Waals surface area contributed by atoms with Gasteiger partial charge in [-0.2, -0.15) is 22.7 Å². The molecule has 0 unspecified atom stereocenters. The molecule has 2 rings (SSSR count). The topological polar surface area (TPSA) is 65.4 Å². The minimum Gasteiger partial charge on any atom is -0.428 e. The van der Waals surface area contributed by atoms with Crippen LogP contribution in [-0.4, -0.2) is 28.4 Å². The molecule has 0 aliphatic rings. The smallest absolute Gasteiger partial charge is 0.428 e. The van der Waals surface area contributed by atoms with Gasteiger partial charge in [0.05, 0.1) is 18.1 Å². The lowest BCUT2D eigenvalue weighted by Gasteiger charge is -2.16. The quantitative estimate of drug-likeness (QED) is 0.681. The van der Waals surface area contributed by atoms with Crippen LogP contribution in [0.2, 0.25) is 0 Å². The van der Waals surface area contributed by atoms with E-state index in [2.05, 4.69) is 14.8 Å². The molecule has 0 radical (unpaired) electrons. The number of anilines is 1. The Morgan fingerprint density at radius 3 is 2.73 bits per heavy atom. The first kappa shape index (κ1) is 15.8. The van der Waals surface area contributed by atoms with Gasteiger partial charge in [-0.15, -0.1) is 0 Å². The molecule has 0 amide bonds. The molecule has 5 nitrogen and oxygen atoms in total. The maximum absolute atomic E-state index is 12.8. The van der Waals surface area contributed by atoms with Crippen LogP contribution in [0.25, 0.3) is 0 Å². The maximum atomic E-state index is 12.8. The van der Waals surface area contributed by atoms with Crippen LogP contribution in [0.4, 0.5) is 23.5 Å². The summed E-state index contributed by atoms with van der Waals surface area (Å²) >= 11 is 0. The first-order chi connectivity index (χ1) is 10.3. The third kappa shape index (κ3) is 3.74. The predicted octanol–water partition coefficient (Wildman–Crippen LogP) is 2.89. The van der Waals surface area contributed by atoms with Crippen LogP contribution in [0.1, 0.15) is 11.3 Å². The van der Waals surface area contributed by atoms with E-state index in [9.17, 15) is 17.6 Å². The number of alkyl halides is 4. The van der Waals surface area contributed by atoms with Gasteiger partial charge in [0.1, 0.15) is 5.75 Å². The van der Waals surface area contributed by atoms with Crippen LogP contribution in [0.5, 0.6) is 5.75 Å². The zero-order chi connectivity index (χ0) is 16.3. The second-order valence-electron chi connectivity index (χ2n) is 4.37. The molecular weight excluding hydrogens is 304 g/mol. The second kappa shape index (κ2) is 6.04. The number of halogens is 4. The number of nitrogens with zero attached hydrogens (tertiary/aromatic N) is 3. The average molecular weight is 316 g/mol. The monoisotopic (exact) mass is 316 g/mol. The number of ether oxygens (including phenoxy) is 1. The Morgan fingerprint density at radius 2 is 2.14 bits per heavy atom. The summed E-state index contributed by atoms with van der Waals surface area (Å²) in [4.78, 5) is 3.93. The van der Waals surface area contributed by atoms with E-state index in [0.29, 0.717) is 11.3 Å². The minimum absolute atomic E-state index is 0.158. The highest BCUT2D eigenvalue weighted by Crippen LogP contribution is 2.27. The summed E-state index contributed by atoms with van der Waals surface area (Å²) in [6.07, 6.45) is -5.59. The molecule has 1 aromatic heterocycles. The van der Waals surface area contributed by atoms with E-state index in [0.717, 1.165) is 12.1 Å². The van der Waals surface area contributed by atoms with Crippen molar-refractivity contribution in [3.8, 4) is 5.75 Å². The normalized spacial score (nSPS) is 12.3. The molecule has 1 aromatic carbocycles. The van der Waals surface area contributed by atoms with Crippen molar-refractivity contribution in [2.75, 3.05) is 5.73 Å². The molecule has 22 heavy (non-hydrogen) atoms. The molecule has 2 N–H and O–H groups in total. The van der Waals surface area contributed by atoms with Gasteiger partial charge in [0.25, 0.3) is 0 Å². The second-order valence-corrected chi connectivity index (χ2v) is 4.37. The molecule has 0 bridgehead atoms. The Hall–Kier alpha value is -2.58. The van der Waals surface area contributed by atoms with E-state index < -0.39 is 18.3 Å². The number of aryl methyl sites for hydroxylation is 1. The van der Waals surface area contributed by atoms with Crippen molar-refractivity contribution in [2.45, 2.75) is 19.5 Å². The summed E-state index contributed by atoms with van der Waals surface area (Å²) in [6, 6.07) is 5.21. The predicted molar refractivity (Wildman–Crippen MR) is 72.4 cm³/mol. The Bertz CT molecular complexity index is 684. The van der Waals surface area contributed by atoms with Crippen LogP contribution in [-0.2, 0) is 0 Å². The van der Waals surface area contributed by atoms with E-state index in [-0.39, 0.29) is 5.95 Å². The standard InChI is InChI=1S/C13H12F4N4O/c1-8-7-21(12(18)20-8)19-6-9-3-2-4-10(5-9)22-13(16,17)11(14)15/h2-7,11H,1H3,(H2,18,20). The van der Waals surface area contributed by atoms with Crippen molar-refractivity contribution in [1.29, 1.82) is 0 Å². The third-order valence-corrected chi connectivity index (χ3v) is 2.53. The van der Waals surface area contributed by atoms with Crippen LogP contribution < -0.4 is 10.5 Å². The summed E-state index contributed by atoms with van der Waals surface area (Å²) in [5, 5.41) is 3.98. The van der Waals surface area contributed by atoms with Gasteiger partial charge in [-0.1, -0.05) is 12.1 Å². The number of nitrogens with two attached hydrogens (primary N) is 1. The van der Waals surface area contributed by atoms with Crippen LogP contribution in [0.15, 0.2) is 35.6 Å². The highest BCUT2D eigenvalue weighted by molar-refractivity contribution is 5.80. The van der Waals surface area contributed by atoms with Gasteiger partial charge in [-0.3, -0.25) is 0 Å². The summed E-state index contributed by atoms with van der Waals surface area (Å²) in [5.41, 5.74) is 6.61. The van der Waals surface area contributed by atoms with Crippen molar-refractivity contribution in [2.24, 2.45) is 5.10 Å². The van der Waals surface area contributed by atoms with Gasteiger partial charge in [0.2, 0.25) is 5.95 Å². The molecule has 0 atom stereocenters. The van der Waals surface area contributed by atoms with Gasteiger partial charge >= 0.3 is 12.5 Å². The van der Waals surface area contributed by atoms with E-state index in [1.165, 1.54) is 23.0 Å². The Morgan fingerprint density at radius 1 is 1.41 bits per heavy atom. The lowest BCUT2D eigenvalue weighted by atomic mass is 10.2. The number of hydrogen-bond acceptors (Lipinski definition) is 4. The van der Waals surface area contributed by atoms with Crippen molar-refractivity contribution < 1.29 is 22.3 Å². The number of benzene rings is 1. The molecule has 0 spiro atoms. The fourth-order valence-electron chi connectivity index (χ4n) is 1.59. The summed E-state index contributed by atoms with van der Waals surface area (Å²) < 4.78 is 55.1. The molecule has 2 aromatic rings. The highest BCUT2D eigenvalue weighted by atomic mass is 19.3. The fraction of sp³-hybridized carbons (Fsp3) is 0.231. The lowest BCUT2D eigenvalue weighted by Crippen LogP contribution is -2.33. The minimum atomic E-state index is -4.55. The Kier molecular flexibility index (Phi) is 4.34. The Balaban J connectivity index is 2.17. The van der Waals surface area contributed by atoms with Crippen molar-refractivity contribution in [1.82, 2.24) is 9.66 Å². The molecular formula is C13H12F4N4O. The Labute approximate surface area is 123 Å². The van der Waals surface area contributed by atoms with Crippen LogP contribution >= 0.6 is 0 Å². The lowest BCUT2D eigenvalue weighted by molar-refractivity contribution is -0.253. The van der Waals surface area contributed by atoms with E-state index >= 15 is 0 Å². The average Bonchev–Trinajstić information content (AvgIpc) is 2.74. The highest BCUT2D eigenvalue weighted by Gasteiger charge is 2.43. The molecule has 118 valence electrons. The van der Waals surface area contributed by atoms with Gasteiger partial charge in [0, 0.05) is 0 Å². The molecule has 0 saturated carbocycles. The zero-order valence-corrected chi connectivity index (χ0v) is 11.4. The van der Waals surface area contributed by atoms with E-state index in [1.54, 1.807) is 13.1 Å². The molecule has 0 aliphatic heterocycles. The van der Waals surface area contributed by atoms with E-state index in [1.807, 2.05) is 0 Å². The molecule has 1 heterocycles. The number of imidazole rings is 1. The van der Waals surface area contributed by atoms with Crippen LogP contribution in [0, 0.1) is 6.92 Å². The molecule has 0 aliphatic carbocycles. The summed E-state index contributed by atoms with van der Waals surface area (Å²) in [7, 11) is 0. The number of nitrogen functional groups attached to an aromatic ring is 1. The first-order valence-electron chi connectivity index (χ1n) is 6.09. The first-order valence-corrected chi connectivity index (χ1v) is 6.09. The van der Waals surface area contributed by atoms with Crippen molar-refractivity contribution >= 4 is 12.2 Å². The third-order valence-electron chi connectivity index (χ3n) is 2.53. The number of rotatable bonds is 5. The molecule has 0 saturated heterocycles. The molecule has 0 fully saturated rings. The van der Waals surface area contributed by atoms with Crippen molar-refractivity contribution in [3.63, 3.8) is 0 Å². The zero-order valence-electron chi connectivity index (χ0n) is 11.4.